The second-order valence-corrected chi connectivity index (χ2v) is 7.16. The number of nitrogens with zero attached hydrogens (tertiary/aromatic N) is 3. The van der Waals surface area contributed by atoms with Crippen molar-refractivity contribution < 1.29 is 4.79 Å². The highest BCUT2D eigenvalue weighted by atomic mass is 16.2. The maximum absolute atomic E-state index is 12.5. The van der Waals surface area contributed by atoms with Gasteiger partial charge in [-0.25, -0.2) is 4.98 Å². The summed E-state index contributed by atoms with van der Waals surface area (Å²) in [6.45, 7) is 1.74. The first kappa shape index (κ1) is 14.7. The Morgan fingerprint density at radius 3 is 3.04 bits per heavy atom. The molecule has 2 fully saturated rings. The van der Waals surface area contributed by atoms with Crippen molar-refractivity contribution in [1.29, 1.82) is 0 Å². The Kier molecular flexibility index (Phi) is 3.36. The van der Waals surface area contributed by atoms with Crippen LogP contribution in [0.2, 0.25) is 0 Å². The molecule has 4 heterocycles. The molecule has 0 bridgehead atoms. The first-order valence-corrected chi connectivity index (χ1v) is 9.06. The number of carbonyl (C=O) groups is 1. The SMILES string of the molecule is O=C(NC1CC1)C1CCCN(c2ccnc3cnc4[nH]ccc4c23)C1. The summed E-state index contributed by atoms with van der Waals surface area (Å²) in [6.07, 6.45) is 9.85. The first-order valence-electron chi connectivity index (χ1n) is 9.06. The van der Waals surface area contributed by atoms with Gasteiger partial charge in [0.25, 0.3) is 0 Å². The number of carbonyl (C=O) groups excluding carboxylic acids is 1. The molecule has 5 rings (SSSR count). The summed E-state index contributed by atoms with van der Waals surface area (Å²) in [6, 6.07) is 4.54. The molecule has 0 aromatic carbocycles. The van der Waals surface area contributed by atoms with Crippen molar-refractivity contribution in [2.45, 2.75) is 31.7 Å². The Hall–Kier alpha value is -2.63. The van der Waals surface area contributed by atoms with Crippen LogP contribution in [0.1, 0.15) is 25.7 Å². The number of pyridine rings is 2. The van der Waals surface area contributed by atoms with E-state index in [0.29, 0.717) is 6.04 Å². The van der Waals surface area contributed by atoms with Crippen LogP contribution in [0.15, 0.2) is 30.7 Å². The summed E-state index contributed by atoms with van der Waals surface area (Å²) in [5.74, 6) is 0.292. The van der Waals surface area contributed by atoms with E-state index in [4.69, 9.17) is 0 Å². The predicted octanol–water partition coefficient (Wildman–Crippen LogP) is 2.61. The van der Waals surface area contributed by atoms with Crippen LogP contribution in [0, 0.1) is 5.92 Å². The second kappa shape index (κ2) is 5.72. The smallest absolute Gasteiger partial charge is 0.225 e. The standard InChI is InChI=1S/C19H21N5O/c25-19(23-13-3-4-13)12-2-1-9-24(11-12)16-6-8-20-15-10-22-18-14(17(15)16)5-7-21-18/h5-8,10,12-13H,1-4,9,11H2,(H,21,22)(H,23,25). The third-order valence-electron chi connectivity index (χ3n) is 5.33. The maximum atomic E-state index is 12.5. The van der Waals surface area contributed by atoms with Crippen molar-refractivity contribution in [3.05, 3.63) is 30.7 Å². The molecule has 1 unspecified atom stereocenters. The molecule has 2 N–H and O–H groups in total. The molecule has 2 aliphatic rings. The Morgan fingerprint density at radius 1 is 1.24 bits per heavy atom. The molecular weight excluding hydrogens is 314 g/mol. The van der Waals surface area contributed by atoms with Crippen LogP contribution in [0.3, 0.4) is 0 Å². The Labute approximate surface area is 145 Å². The molecule has 1 atom stereocenters. The minimum Gasteiger partial charge on any atom is -0.370 e. The zero-order valence-corrected chi connectivity index (χ0v) is 14.0. The highest BCUT2D eigenvalue weighted by Gasteiger charge is 2.31. The van der Waals surface area contributed by atoms with Crippen molar-refractivity contribution in [3.63, 3.8) is 0 Å². The number of rotatable bonds is 3. The average Bonchev–Trinajstić information content (AvgIpc) is 3.33. The Morgan fingerprint density at radius 2 is 2.16 bits per heavy atom. The quantitative estimate of drug-likeness (QED) is 0.771. The van der Waals surface area contributed by atoms with E-state index in [1.165, 1.54) is 0 Å². The van der Waals surface area contributed by atoms with E-state index in [-0.39, 0.29) is 11.8 Å². The van der Waals surface area contributed by atoms with Gasteiger partial charge in [0.15, 0.2) is 0 Å². The zero-order valence-electron chi connectivity index (χ0n) is 14.0. The van der Waals surface area contributed by atoms with Gasteiger partial charge in [-0.15, -0.1) is 0 Å². The number of piperidine rings is 1. The fourth-order valence-electron chi connectivity index (χ4n) is 3.86. The van der Waals surface area contributed by atoms with Crippen LogP contribution in [0.25, 0.3) is 21.9 Å². The molecule has 128 valence electrons. The van der Waals surface area contributed by atoms with Crippen LogP contribution < -0.4 is 10.2 Å². The van der Waals surface area contributed by atoms with Crippen molar-refractivity contribution in [2.24, 2.45) is 5.92 Å². The molecule has 6 nitrogen and oxygen atoms in total. The molecule has 1 aliphatic carbocycles. The number of nitrogens with one attached hydrogen (secondary N) is 2. The van der Waals surface area contributed by atoms with Gasteiger partial charge in [0.1, 0.15) is 5.65 Å². The molecule has 1 aliphatic heterocycles. The number of hydrogen-bond donors (Lipinski definition) is 2. The fraction of sp³-hybridized carbons (Fsp3) is 0.421. The van der Waals surface area contributed by atoms with E-state index in [1.54, 1.807) is 0 Å². The van der Waals surface area contributed by atoms with Gasteiger partial charge in [-0.1, -0.05) is 0 Å². The summed E-state index contributed by atoms with van der Waals surface area (Å²) in [5.41, 5.74) is 2.93. The molecular formula is C19H21N5O. The maximum Gasteiger partial charge on any atom is 0.225 e. The monoisotopic (exact) mass is 335 g/mol. The van der Waals surface area contributed by atoms with E-state index >= 15 is 0 Å². The van der Waals surface area contributed by atoms with Gasteiger partial charge in [-0.05, 0) is 37.8 Å². The third-order valence-corrected chi connectivity index (χ3v) is 5.33. The number of H-pyrrole nitrogens is 1. The summed E-state index contributed by atoms with van der Waals surface area (Å²) in [7, 11) is 0. The van der Waals surface area contributed by atoms with E-state index in [0.717, 1.165) is 66.4 Å². The van der Waals surface area contributed by atoms with Crippen LogP contribution in [-0.4, -0.2) is 40.0 Å². The number of hydrogen-bond acceptors (Lipinski definition) is 4. The molecule has 3 aromatic heterocycles. The zero-order chi connectivity index (χ0) is 16.8. The minimum absolute atomic E-state index is 0.0705. The van der Waals surface area contributed by atoms with Gasteiger partial charge >= 0.3 is 0 Å². The summed E-state index contributed by atoms with van der Waals surface area (Å²) in [5, 5.41) is 5.38. The van der Waals surface area contributed by atoms with Crippen molar-refractivity contribution in [2.75, 3.05) is 18.0 Å². The fourth-order valence-corrected chi connectivity index (χ4v) is 3.86. The first-order chi connectivity index (χ1) is 12.3. The van der Waals surface area contributed by atoms with E-state index < -0.39 is 0 Å². The van der Waals surface area contributed by atoms with Gasteiger partial charge in [-0.3, -0.25) is 9.78 Å². The summed E-state index contributed by atoms with van der Waals surface area (Å²) in [4.78, 5) is 26.9. The van der Waals surface area contributed by atoms with Crippen molar-refractivity contribution >= 4 is 33.5 Å². The van der Waals surface area contributed by atoms with Crippen molar-refractivity contribution in [1.82, 2.24) is 20.3 Å². The van der Waals surface area contributed by atoms with E-state index in [2.05, 4.69) is 37.3 Å². The normalized spacial score (nSPS) is 21.0. The molecule has 1 saturated carbocycles. The number of anilines is 1. The average molecular weight is 335 g/mol. The molecule has 6 heteroatoms. The number of fused-ring (bicyclic) bond motifs is 3. The molecule has 1 saturated heterocycles. The van der Waals surface area contributed by atoms with Crippen LogP contribution in [-0.2, 0) is 4.79 Å². The van der Waals surface area contributed by atoms with Gasteiger partial charge < -0.3 is 15.2 Å². The topological polar surface area (TPSA) is 73.9 Å². The lowest BCUT2D eigenvalue weighted by Gasteiger charge is -2.34. The van der Waals surface area contributed by atoms with Crippen molar-refractivity contribution in [3.8, 4) is 0 Å². The minimum atomic E-state index is 0.0705. The molecule has 0 spiro atoms. The molecule has 0 radical (unpaired) electrons. The second-order valence-electron chi connectivity index (χ2n) is 7.16. The molecule has 1 amide bonds. The van der Waals surface area contributed by atoms with Gasteiger partial charge in [0.2, 0.25) is 5.91 Å². The Bertz CT molecular complexity index is 945. The third kappa shape index (κ3) is 2.62. The van der Waals surface area contributed by atoms with Gasteiger partial charge in [-0.2, -0.15) is 0 Å². The number of amides is 1. The number of aromatic amines is 1. The highest BCUT2D eigenvalue weighted by molar-refractivity contribution is 6.10. The largest absolute Gasteiger partial charge is 0.370 e. The van der Waals surface area contributed by atoms with Crippen LogP contribution >= 0.6 is 0 Å². The van der Waals surface area contributed by atoms with Crippen LogP contribution in [0.4, 0.5) is 5.69 Å². The Balaban J connectivity index is 1.51. The van der Waals surface area contributed by atoms with Gasteiger partial charge in [0.05, 0.1) is 17.6 Å². The lowest BCUT2D eigenvalue weighted by molar-refractivity contribution is -0.125. The van der Waals surface area contributed by atoms with E-state index in [1.807, 2.05) is 18.6 Å². The molecule has 25 heavy (non-hydrogen) atoms. The lowest BCUT2D eigenvalue weighted by atomic mass is 9.96. The summed E-state index contributed by atoms with van der Waals surface area (Å²) < 4.78 is 0. The molecule has 3 aromatic rings. The summed E-state index contributed by atoms with van der Waals surface area (Å²) >= 11 is 0. The number of aromatic nitrogens is 3. The van der Waals surface area contributed by atoms with Gasteiger partial charge in [0, 0.05) is 48.0 Å². The lowest BCUT2D eigenvalue weighted by Crippen LogP contribution is -2.43. The predicted molar refractivity (Wildman–Crippen MR) is 97.5 cm³/mol. The highest BCUT2D eigenvalue weighted by Crippen LogP contribution is 2.33. The van der Waals surface area contributed by atoms with Crippen LogP contribution in [0.5, 0.6) is 0 Å². The van der Waals surface area contributed by atoms with E-state index in [9.17, 15) is 4.79 Å².